The molecule has 2 N–H and O–H groups in total. The number of hydrogen-bond acceptors (Lipinski definition) is 2. The molecule has 5 nitrogen and oxygen atoms in total. The Balaban J connectivity index is 2.57. The van der Waals surface area contributed by atoms with Crippen LogP contribution in [0.1, 0.15) is 0 Å². The van der Waals surface area contributed by atoms with Gasteiger partial charge in [-0.15, -0.1) is 0 Å². The van der Waals surface area contributed by atoms with Crippen LogP contribution in [0.2, 0.25) is 0 Å². The minimum Gasteiger partial charge on any atom is -0.480 e. The highest BCUT2D eigenvalue weighted by molar-refractivity contribution is 9.10. The van der Waals surface area contributed by atoms with E-state index in [4.69, 9.17) is 5.11 Å². The van der Waals surface area contributed by atoms with E-state index in [1.54, 1.807) is 24.3 Å². The van der Waals surface area contributed by atoms with Crippen molar-refractivity contribution in [3.63, 3.8) is 0 Å². The maximum atomic E-state index is 11.5. The summed E-state index contributed by atoms with van der Waals surface area (Å²) in [4.78, 5) is 22.9. The number of carboxylic acid groups (broad SMARTS) is 1. The topological polar surface area (TPSA) is 69.6 Å². The molecule has 0 aliphatic rings. The van der Waals surface area contributed by atoms with E-state index in [0.29, 0.717) is 5.69 Å². The largest absolute Gasteiger partial charge is 0.480 e. The minimum absolute atomic E-state index is 0.331. The second-order valence-electron chi connectivity index (χ2n) is 3.19. The number of nitrogens with one attached hydrogen (secondary N) is 1. The number of rotatable bonds is 3. The Morgan fingerprint density at radius 2 is 1.94 bits per heavy atom. The van der Waals surface area contributed by atoms with Gasteiger partial charge in [0.15, 0.2) is 0 Å². The van der Waals surface area contributed by atoms with Gasteiger partial charge in [-0.2, -0.15) is 0 Å². The Bertz CT molecular complexity index is 392. The predicted octanol–water partition coefficient (Wildman–Crippen LogP) is 2.00. The normalized spacial score (nSPS) is 9.62. The van der Waals surface area contributed by atoms with E-state index in [0.717, 1.165) is 9.37 Å². The number of nitrogens with zero attached hydrogens (tertiary/aromatic N) is 1. The molecule has 0 saturated heterocycles. The number of benzene rings is 1. The van der Waals surface area contributed by atoms with Gasteiger partial charge in [0.2, 0.25) is 0 Å². The molecular formula is C10H11BrN2O3. The Hall–Kier alpha value is -1.56. The number of urea groups is 1. The Labute approximate surface area is 101 Å². The zero-order chi connectivity index (χ0) is 12.1. The molecule has 1 rings (SSSR count). The number of carbonyl (C=O) groups is 2. The van der Waals surface area contributed by atoms with Crippen LogP contribution in [0.25, 0.3) is 0 Å². The summed E-state index contributed by atoms with van der Waals surface area (Å²) in [5.41, 5.74) is 0.616. The molecule has 0 bridgehead atoms. The Morgan fingerprint density at radius 1 is 1.38 bits per heavy atom. The van der Waals surface area contributed by atoms with Crippen LogP contribution in [0.5, 0.6) is 0 Å². The predicted molar refractivity (Wildman–Crippen MR) is 63.4 cm³/mol. The molecular weight excluding hydrogens is 276 g/mol. The fourth-order valence-corrected chi connectivity index (χ4v) is 1.29. The minimum atomic E-state index is -1.05. The highest BCUT2D eigenvalue weighted by atomic mass is 79.9. The number of aliphatic carboxylic acids is 1. The van der Waals surface area contributed by atoms with Crippen molar-refractivity contribution in [2.45, 2.75) is 0 Å². The van der Waals surface area contributed by atoms with Gasteiger partial charge in [0.05, 0.1) is 0 Å². The lowest BCUT2D eigenvalue weighted by Crippen LogP contribution is -2.35. The summed E-state index contributed by atoms with van der Waals surface area (Å²) in [5, 5.41) is 11.1. The van der Waals surface area contributed by atoms with Gasteiger partial charge in [0, 0.05) is 17.2 Å². The van der Waals surface area contributed by atoms with E-state index in [2.05, 4.69) is 21.2 Å². The van der Waals surface area contributed by atoms with Gasteiger partial charge in [-0.3, -0.25) is 4.79 Å². The van der Waals surface area contributed by atoms with Crippen molar-refractivity contribution >= 4 is 33.6 Å². The average molecular weight is 287 g/mol. The van der Waals surface area contributed by atoms with Crippen LogP contribution in [0.3, 0.4) is 0 Å². The van der Waals surface area contributed by atoms with Crippen LogP contribution < -0.4 is 5.32 Å². The number of amides is 2. The fourth-order valence-electron chi connectivity index (χ4n) is 1.03. The van der Waals surface area contributed by atoms with Gasteiger partial charge in [-0.05, 0) is 24.3 Å². The number of likely N-dealkylation sites (N-methyl/N-ethyl adjacent to an activating group) is 1. The number of halogens is 1. The molecule has 0 unspecified atom stereocenters. The highest BCUT2D eigenvalue weighted by Crippen LogP contribution is 2.14. The van der Waals surface area contributed by atoms with E-state index in [1.807, 2.05) is 0 Å². The summed E-state index contributed by atoms with van der Waals surface area (Å²) in [6.45, 7) is -0.331. The summed E-state index contributed by atoms with van der Waals surface area (Å²) in [7, 11) is 1.42. The molecule has 16 heavy (non-hydrogen) atoms. The van der Waals surface area contributed by atoms with Crippen LogP contribution in [0.4, 0.5) is 10.5 Å². The van der Waals surface area contributed by atoms with Crippen molar-refractivity contribution < 1.29 is 14.7 Å². The third-order valence-electron chi connectivity index (χ3n) is 1.81. The Kier molecular flexibility index (Phi) is 4.30. The van der Waals surface area contributed by atoms with Crippen molar-refractivity contribution in [2.75, 3.05) is 18.9 Å². The molecule has 86 valence electrons. The molecule has 0 heterocycles. The molecule has 6 heteroatoms. The van der Waals surface area contributed by atoms with Crippen LogP contribution in [0, 0.1) is 0 Å². The van der Waals surface area contributed by atoms with Crippen molar-refractivity contribution in [2.24, 2.45) is 0 Å². The van der Waals surface area contributed by atoms with Gasteiger partial charge in [0.25, 0.3) is 0 Å². The number of anilines is 1. The molecule has 0 atom stereocenters. The first-order chi connectivity index (χ1) is 7.49. The third kappa shape index (κ3) is 3.90. The molecule has 0 saturated carbocycles. The fraction of sp³-hybridized carbons (Fsp3) is 0.200. The lowest BCUT2D eigenvalue weighted by Gasteiger charge is -2.15. The molecule has 0 aromatic heterocycles. The summed E-state index contributed by atoms with van der Waals surface area (Å²) in [6, 6.07) is 6.55. The van der Waals surface area contributed by atoms with Gasteiger partial charge in [-0.25, -0.2) is 4.79 Å². The van der Waals surface area contributed by atoms with Crippen LogP contribution >= 0.6 is 15.9 Å². The first-order valence-electron chi connectivity index (χ1n) is 4.48. The van der Waals surface area contributed by atoms with Gasteiger partial charge in [0.1, 0.15) is 6.54 Å². The molecule has 2 amide bonds. The van der Waals surface area contributed by atoms with Gasteiger partial charge in [-0.1, -0.05) is 15.9 Å². The van der Waals surface area contributed by atoms with Crippen LogP contribution in [-0.4, -0.2) is 35.6 Å². The molecule has 0 fully saturated rings. The zero-order valence-electron chi connectivity index (χ0n) is 8.61. The smallest absolute Gasteiger partial charge is 0.323 e. The molecule has 1 aromatic rings. The van der Waals surface area contributed by atoms with Gasteiger partial charge >= 0.3 is 12.0 Å². The van der Waals surface area contributed by atoms with E-state index < -0.39 is 12.0 Å². The molecule has 1 aromatic carbocycles. The first-order valence-corrected chi connectivity index (χ1v) is 5.28. The summed E-state index contributed by atoms with van der Waals surface area (Å²) in [6.07, 6.45) is 0. The average Bonchev–Trinajstić information content (AvgIpc) is 2.20. The second kappa shape index (κ2) is 5.50. The summed E-state index contributed by atoms with van der Waals surface area (Å²) >= 11 is 3.27. The lowest BCUT2D eigenvalue weighted by molar-refractivity contribution is -0.137. The maximum absolute atomic E-state index is 11.5. The van der Waals surface area contributed by atoms with E-state index in [9.17, 15) is 9.59 Å². The monoisotopic (exact) mass is 286 g/mol. The maximum Gasteiger partial charge on any atom is 0.323 e. The zero-order valence-corrected chi connectivity index (χ0v) is 10.2. The van der Waals surface area contributed by atoms with Gasteiger partial charge < -0.3 is 15.3 Å². The molecule has 0 spiro atoms. The highest BCUT2D eigenvalue weighted by Gasteiger charge is 2.11. The van der Waals surface area contributed by atoms with Crippen molar-refractivity contribution in [3.8, 4) is 0 Å². The van der Waals surface area contributed by atoms with Crippen LogP contribution in [-0.2, 0) is 4.79 Å². The quantitative estimate of drug-likeness (QED) is 0.893. The SMILES string of the molecule is CN(CC(=O)O)C(=O)Nc1ccc(Br)cc1. The number of carbonyl (C=O) groups excluding carboxylic acids is 1. The third-order valence-corrected chi connectivity index (χ3v) is 2.34. The second-order valence-corrected chi connectivity index (χ2v) is 4.10. The van der Waals surface area contributed by atoms with E-state index >= 15 is 0 Å². The van der Waals surface area contributed by atoms with E-state index in [-0.39, 0.29) is 6.54 Å². The Morgan fingerprint density at radius 3 is 2.44 bits per heavy atom. The number of carboxylic acids is 1. The van der Waals surface area contributed by atoms with E-state index in [1.165, 1.54) is 7.05 Å². The van der Waals surface area contributed by atoms with Crippen LogP contribution in [0.15, 0.2) is 28.7 Å². The number of hydrogen-bond donors (Lipinski definition) is 2. The molecule has 0 aliphatic heterocycles. The van der Waals surface area contributed by atoms with Crippen molar-refractivity contribution in [1.82, 2.24) is 4.90 Å². The van der Waals surface area contributed by atoms with Crippen molar-refractivity contribution in [3.05, 3.63) is 28.7 Å². The summed E-state index contributed by atoms with van der Waals surface area (Å²) in [5.74, 6) is -1.05. The first kappa shape index (κ1) is 12.5. The summed E-state index contributed by atoms with van der Waals surface area (Å²) < 4.78 is 0.907. The standard InChI is InChI=1S/C10H11BrN2O3/c1-13(6-9(14)15)10(16)12-8-4-2-7(11)3-5-8/h2-5H,6H2,1H3,(H,12,16)(H,14,15). The molecule has 0 radical (unpaired) electrons. The lowest BCUT2D eigenvalue weighted by atomic mass is 10.3. The van der Waals surface area contributed by atoms with Crippen molar-refractivity contribution in [1.29, 1.82) is 0 Å². The molecule has 0 aliphatic carbocycles.